The average Bonchev–Trinajstić information content (AvgIpc) is 2.41. The van der Waals surface area contributed by atoms with Crippen LogP contribution in [0.3, 0.4) is 0 Å². The first-order chi connectivity index (χ1) is 10.7. The zero-order chi connectivity index (χ0) is 17.2. The summed E-state index contributed by atoms with van der Waals surface area (Å²) in [6.45, 7) is 10.7. The Kier molecular flexibility index (Phi) is 5.89. The highest BCUT2D eigenvalue weighted by Gasteiger charge is 2.30. The first-order valence-corrected chi connectivity index (χ1v) is 8.89. The summed E-state index contributed by atoms with van der Waals surface area (Å²) in [6, 6.07) is 5.30. The van der Waals surface area contributed by atoms with Gasteiger partial charge in [0.15, 0.2) is 0 Å². The van der Waals surface area contributed by atoms with Crippen molar-refractivity contribution in [1.29, 1.82) is 0 Å². The number of carbonyl (C=O) groups is 1. The van der Waals surface area contributed by atoms with Crippen molar-refractivity contribution in [3.63, 3.8) is 0 Å². The van der Waals surface area contributed by atoms with Crippen molar-refractivity contribution in [3.8, 4) is 0 Å². The highest BCUT2D eigenvalue weighted by molar-refractivity contribution is 14.1. The summed E-state index contributed by atoms with van der Waals surface area (Å²) in [5, 5.41) is 0. The second-order valence-corrected chi connectivity index (χ2v) is 8.17. The molecule has 0 radical (unpaired) electrons. The van der Waals surface area contributed by atoms with Gasteiger partial charge in [0.2, 0.25) is 0 Å². The quantitative estimate of drug-likeness (QED) is 0.663. The fraction of sp³-hybridized carbons (Fsp3) is 0.588. The maximum atomic E-state index is 13.3. The first kappa shape index (κ1) is 18.4. The van der Waals surface area contributed by atoms with Crippen molar-refractivity contribution in [2.24, 2.45) is 0 Å². The Morgan fingerprint density at radius 3 is 2.65 bits per heavy atom. The number of benzene rings is 1. The smallest absolute Gasteiger partial charge is 0.410 e. The Hall–Kier alpha value is -0.890. The maximum absolute atomic E-state index is 13.3. The summed E-state index contributed by atoms with van der Waals surface area (Å²) in [5.41, 5.74) is 0.618. The highest BCUT2D eigenvalue weighted by atomic mass is 127. The van der Waals surface area contributed by atoms with Gasteiger partial charge in [0.1, 0.15) is 11.4 Å². The molecular weight excluding hydrogens is 410 g/mol. The monoisotopic (exact) mass is 434 g/mol. The Balaban J connectivity index is 1.93. The summed E-state index contributed by atoms with van der Waals surface area (Å²) >= 11 is 2.01. The van der Waals surface area contributed by atoms with E-state index in [2.05, 4.69) is 4.90 Å². The minimum atomic E-state index is -0.473. The van der Waals surface area contributed by atoms with Crippen LogP contribution in [0.4, 0.5) is 9.18 Å². The van der Waals surface area contributed by atoms with E-state index in [1.165, 1.54) is 6.07 Å². The lowest BCUT2D eigenvalue weighted by Crippen LogP contribution is -2.54. The van der Waals surface area contributed by atoms with E-state index in [1.807, 2.05) is 62.4 Å². The van der Waals surface area contributed by atoms with Crippen LogP contribution >= 0.6 is 22.6 Å². The third-order valence-electron chi connectivity index (χ3n) is 3.73. The van der Waals surface area contributed by atoms with Gasteiger partial charge in [0.05, 0.1) is 0 Å². The van der Waals surface area contributed by atoms with Gasteiger partial charge in [-0.25, -0.2) is 9.18 Å². The molecule has 1 unspecified atom stereocenters. The van der Waals surface area contributed by atoms with Gasteiger partial charge in [-0.1, -0.05) is 6.07 Å². The van der Waals surface area contributed by atoms with Crippen LogP contribution in [0.5, 0.6) is 0 Å². The number of piperazine rings is 1. The molecule has 2 rings (SSSR count). The standard InChI is InChI=1S/C17H24FIN2O2/c1-12-10-20(11-13-5-6-14(18)15(19)9-13)7-8-21(12)16(22)23-17(2,3)4/h5-6,9,12H,7-8,10-11H2,1-4H3. The van der Waals surface area contributed by atoms with Gasteiger partial charge in [0, 0.05) is 35.8 Å². The van der Waals surface area contributed by atoms with Gasteiger partial charge in [-0.15, -0.1) is 0 Å². The third kappa shape index (κ3) is 5.31. The summed E-state index contributed by atoms with van der Waals surface area (Å²) in [7, 11) is 0. The molecule has 4 nitrogen and oxygen atoms in total. The van der Waals surface area contributed by atoms with Crippen LogP contribution in [0.15, 0.2) is 18.2 Å². The fourth-order valence-corrected chi connectivity index (χ4v) is 3.24. The molecular formula is C17H24FIN2O2. The van der Waals surface area contributed by atoms with E-state index >= 15 is 0 Å². The van der Waals surface area contributed by atoms with Crippen molar-refractivity contribution in [3.05, 3.63) is 33.1 Å². The predicted octanol–water partition coefficient (Wildman–Crippen LogP) is 3.87. The van der Waals surface area contributed by atoms with Gasteiger partial charge in [-0.3, -0.25) is 4.90 Å². The third-order valence-corrected chi connectivity index (χ3v) is 4.56. The predicted molar refractivity (Wildman–Crippen MR) is 96.8 cm³/mol. The highest BCUT2D eigenvalue weighted by Crippen LogP contribution is 2.19. The molecule has 1 fully saturated rings. The average molecular weight is 434 g/mol. The lowest BCUT2D eigenvalue weighted by atomic mass is 10.1. The number of nitrogens with zero attached hydrogens (tertiary/aromatic N) is 2. The maximum Gasteiger partial charge on any atom is 0.410 e. The molecule has 1 amide bonds. The molecule has 23 heavy (non-hydrogen) atoms. The summed E-state index contributed by atoms with van der Waals surface area (Å²) in [6.07, 6.45) is -0.249. The summed E-state index contributed by atoms with van der Waals surface area (Å²) < 4.78 is 19.4. The van der Waals surface area contributed by atoms with Crippen molar-refractivity contribution in [2.45, 2.75) is 45.9 Å². The Bertz CT molecular complexity index is 574. The van der Waals surface area contributed by atoms with E-state index in [0.717, 1.165) is 25.2 Å². The van der Waals surface area contributed by atoms with Gasteiger partial charge < -0.3 is 9.64 Å². The Morgan fingerprint density at radius 1 is 1.39 bits per heavy atom. The SMILES string of the molecule is CC1CN(Cc2ccc(F)c(I)c2)CCN1C(=O)OC(C)(C)C. The van der Waals surface area contributed by atoms with Crippen LogP contribution in [-0.2, 0) is 11.3 Å². The molecule has 0 N–H and O–H groups in total. The molecule has 0 bridgehead atoms. The molecule has 1 aliphatic heterocycles. The van der Waals surface area contributed by atoms with Crippen LogP contribution < -0.4 is 0 Å². The molecule has 1 saturated heterocycles. The molecule has 1 heterocycles. The van der Waals surface area contributed by atoms with Crippen LogP contribution in [0, 0.1) is 9.39 Å². The normalized spacial score (nSPS) is 19.7. The molecule has 0 aromatic heterocycles. The van der Waals surface area contributed by atoms with Crippen LogP contribution in [0.25, 0.3) is 0 Å². The number of rotatable bonds is 2. The van der Waals surface area contributed by atoms with Crippen molar-refractivity contribution < 1.29 is 13.9 Å². The van der Waals surface area contributed by atoms with E-state index in [1.54, 1.807) is 4.90 Å². The molecule has 0 spiro atoms. The Morgan fingerprint density at radius 2 is 2.09 bits per heavy atom. The molecule has 1 atom stereocenters. The number of halogens is 2. The molecule has 1 aliphatic rings. The topological polar surface area (TPSA) is 32.8 Å². The number of amides is 1. The van der Waals surface area contributed by atoms with E-state index in [4.69, 9.17) is 4.74 Å². The van der Waals surface area contributed by atoms with Crippen molar-refractivity contribution in [1.82, 2.24) is 9.80 Å². The van der Waals surface area contributed by atoms with E-state index in [0.29, 0.717) is 10.1 Å². The van der Waals surface area contributed by atoms with Crippen molar-refractivity contribution in [2.75, 3.05) is 19.6 Å². The molecule has 1 aromatic rings. The minimum absolute atomic E-state index is 0.0955. The van der Waals surface area contributed by atoms with E-state index < -0.39 is 5.60 Å². The van der Waals surface area contributed by atoms with Crippen LogP contribution in [0.1, 0.15) is 33.3 Å². The van der Waals surface area contributed by atoms with E-state index in [9.17, 15) is 9.18 Å². The second kappa shape index (κ2) is 7.34. The zero-order valence-corrected chi connectivity index (χ0v) is 16.3. The van der Waals surface area contributed by atoms with Gasteiger partial charge in [0.25, 0.3) is 0 Å². The van der Waals surface area contributed by atoms with Crippen LogP contribution in [-0.4, -0.2) is 47.2 Å². The lowest BCUT2D eigenvalue weighted by Gasteiger charge is -2.40. The molecule has 6 heteroatoms. The Labute approximate surface area is 151 Å². The number of hydrogen-bond acceptors (Lipinski definition) is 3. The number of ether oxygens (including phenoxy) is 1. The first-order valence-electron chi connectivity index (χ1n) is 7.81. The minimum Gasteiger partial charge on any atom is -0.444 e. The molecule has 128 valence electrons. The molecule has 1 aromatic carbocycles. The molecule has 0 aliphatic carbocycles. The van der Waals surface area contributed by atoms with E-state index in [-0.39, 0.29) is 18.0 Å². The fourth-order valence-electron chi connectivity index (χ4n) is 2.66. The van der Waals surface area contributed by atoms with Crippen LogP contribution in [0.2, 0.25) is 0 Å². The largest absolute Gasteiger partial charge is 0.444 e. The summed E-state index contributed by atoms with van der Waals surface area (Å²) in [4.78, 5) is 16.3. The van der Waals surface area contributed by atoms with Gasteiger partial charge >= 0.3 is 6.09 Å². The second-order valence-electron chi connectivity index (χ2n) is 7.01. The zero-order valence-electron chi connectivity index (χ0n) is 14.1. The van der Waals surface area contributed by atoms with Gasteiger partial charge in [-0.05, 0) is 68.0 Å². The number of hydrogen-bond donors (Lipinski definition) is 0. The molecule has 0 saturated carbocycles. The van der Waals surface area contributed by atoms with Crippen molar-refractivity contribution >= 4 is 28.7 Å². The number of carbonyl (C=O) groups excluding carboxylic acids is 1. The lowest BCUT2D eigenvalue weighted by molar-refractivity contribution is 0.000556. The summed E-state index contributed by atoms with van der Waals surface area (Å²) in [5.74, 6) is -0.183. The van der Waals surface area contributed by atoms with Gasteiger partial charge in [-0.2, -0.15) is 0 Å².